The fourth-order valence-corrected chi connectivity index (χ4v) is 2.42. The maximum absolute atomic E-state index is 13.1. The molecule has 0 aliphatic carbocycles. The third kappa shape index (κ3) is 2.33. The first-order valence-corrected chi connectivity index (χ1v) is 6.59. The van der Waals surface area contributed by atoms with Crippen LogP contribution in [0.1, 0.15) is 10.4 Å². The molecule has 1 aromatic heterocycles. The lowest BCUT2D eigenvalue weighted by Gasteiger charge is -2.08. The molecule has 0 bridgehead atoms. The van der Waals surface area contributed by atoms with Gasteiger partial charge in [0.15, 0.2) is 0 Å². The van der Waals surface area contributed by atoms with Crippen LogP contribution in [0.5, 0.6) is 0 Å². The minimum Gasteiger partial charge on any atom is -0.320 e. The Kier molecular flexibility index (Phi) is 3.29. The van der Waals surface area contributed by atoms with Gasteiger partial charge in [0.05, 0.1) is 28.8 Å². The SMILES string of the molecule is O=C(Nc1cccc2c1N=S=N2)c1cc(F)cnc1Cl. The quantitative estimate of drug-likeness (QED) is 0.731. The topological polar surface area (TPSA) is 66.7 Å². The van der Waals surface area contributed by atoms with Crippen LogP contribution in [0.2, 0.25) is 5.15 Å². The van der Waals surface area contributed by atoms with Crippen LogP contribution in [-0.4, -0.2) is 10.9 Å². The summed E-state index contributed by atoms with van der Waals surface area (Å²) in [5.41, 5.74) is 1.70. The molecule has 5 nitrogen and oxygen atoms in total. The molecule has 0 saturated heterocycles. The Hall–Kier alpha value is -2.12. The summed E-state index contributed by atoms with van der Waals surface area (Å²) in [5, 5.41) is 2.57. The van der Waals surface area contributed by atoms with Crippen molar-refractivity contribution in [2.24, 2.45) is 8.73 Å². The van der Waals surface area contributed by atoms with Crippen molar-refractivity contribution >= 4 is 45.9 Å². The van der Waals surface area contributed by atoms with Crippen molar-refractivity contribution < 1.29 is 9.18 Å². The van der Waals surface area contributed by atoms with Crippen LogP contribution in [0.4, 0.5) is 21.5 Å². The van der Waals surface area contributed by atoms with Crippen molar-refractivity contribution in [2.45, 2.75) is 0 Å². The number of hydrogen-bond donors (Lipinski definition) is 1. The number of aromatic nitrogens is 1. The molecule has 0 atom stereocenters. The molecule has 0 spiro atoms. The molecule has 8 heteroatoms. The zero-order chi connectivity index (χ0) is 14.1. The Morgan fingerprint density at radius 3 is 3.05 bits per heavy atom. The summed E-state index contributed by atoms with van der Waals surface area (Å²) in [7, 11) is 0. The number of carbonyl (C=O) groups excluding carboxylic acids is 1. The summed E-state index contributed by atoms with van der Waals surface area (Å²) in [4.78, 5) is 15.7. The van der Waals surface area contributed by atoms with Gasteiger partial charge in [0.2, 0.25) is 0 Å². The Balaban J connectivity index is 1.93. The Bertz CT molecular complexity index is 789. The van der Waals surface area contributed by atoms with Gasteiger partial charge in [-0.05, 0) is 18.2 Å². The zero-order valence-electron chi connectivity index (χ0n) is 9.80. The van der Waals surface area contributed by atoms with Crippen LogP contribution in [0.25, 0.3) is 0 Å². The van der Waals surface area contributed by atoms with E-state index in [4.69, 9.17) is 11.6 Å². The minimum absolute atomic E-state index is 0.0353. The first-order valence-electron chi connectivity index (χ1n) is 5.49. The number of nitrogens with zero attached hydrogens (tertiary/aromatic N) is 3. The molecule has 0 fully saturated rings. The van der Waals surface area contributed by atoms with Crippen LogP contribution >= 0.6 is 11.6 Å². The number of pyridine rings is 1. The predicted octanol–water partition coefficient (Wildman–Crippen LogP) is 3.85. The van der Waals surface area contributed by atoms with E-state index >= 15 is 0 Å². The van der Waals surface area contributed by atoms with E-state index in [1.54, 1.807) is 18.2 Å². The van der Waals surface area contributed by atoms with Crippen LogP contribution < -0.4 is 5.32 Å². The van der Waals surface area contributed by atoms with Gasteiger partial charge in [-0.3, -0.25) is 4.79 Å². The number of hydrogen-bond acceptors (Lipinski definition) is 4. The number of carbonyl (C=O) groups is 1. The van der Waals surface area contributed by atoms with E-state index in [1.165, 1.54) is 0 Å². The summed E-state index contributed by atoms with van der Waals surface area (Å²) in [6, 6.07) is 6.24. The van der Waals surface area contributed by atoms with Crippen LogP contribution in [-0.2, 0) is 11.4 Å². The van der Waals surface area contributed by atoms with Gasteiger partial charge in [-0.15, -0.1) is 0 Å². The van der Waals surface area contributed by atoms with Gasteiger partial charge in [-0.1, -0.05) is 17.7 Å². The standard InChI is InChI=1S/C12H6ClFN4OS/c13-11-7(4-6(14)5-15-11)12(19)16-8-2-1-3-9-10(8)18-20-17-9/h1-5H,(H,16,19). The fraction of sp³-hybridized carbons (Fsp3) is 0. The normalized spacial score (nSPS) is 11.9. The number of benzene rings is 1. The number of anilines is 1. The molecule has 1 aliphatic heterocycles. The molecule has 0 radical (unpaired) electrons. The minimum atomic E-state index is -0.631. The van der Waals surface area contributed by atoms with Gasteiger partial charge < -0.3 is 5.32 Å². The van der Waals surface area contributed by atoms with Crippen molar-refractivity contribution in [2.75, 3.05) is 5.32 Å². The predicted molar refractivity (Wildman–Crippen MR) is 75.1 cm³/mol. The van der Waals surface area contributed by atoms with Crippen molar-refractivity contribution in [3.05, 3.63) is 47.0 Å². The van der Waals surface area contributed by atoms with E-state index in [1.807, 2.05) is 0 Å². The number of rotatable bonds is 2. The number of amides is 1. The second-order valence-electron chi connectivity index (χ2n) is 3.88. The lowest BCUT2D eigenvalue weighted by Crippen LogP contribution is -2.13. The second kappa shape index (κ2) is 5.10. The average molecular weight is 309 g/mol. The second-order valence-corrected chi connectivity index (χ2v) is 4.77. The molecule has 100 valence electrons. The van der Waals surface area contributed by atoms with E-state index < -0.39 is 11.7 Å². The van der Waals surface area contributed by atoms with Gasteiger partial charge in [-0.25, -0.2) is 9.37 Å². The summed E-state index contributed by atoms with van der Waals surface area (Å²) >= 11 is 6.84. The highest BCUT2D eigenvalue weighted by Gasteiger charge is 2.16. The zero-order valence-corrected chi connectivity index (χ0v) is 11.4. The third-order valence-electron chi connectivity index (χ3n) is 2.58. The molecule has 1 N–H and O–H groups in total. The van der Waals surface area contributed by atoms with E-state index in [0.717, 1.165) is 23.6 Å². The highest BCUT2D eigenvalue weighted by Crippen LogP contribution is 2.38. The molecule has 2 aromatic rings. The van der Waals surface area contributed by atoms with Gasteiger partial charge in [-0.2, -0.15) is 8.73 Å². The van der Waals surface area contributed by atoms with E-state index in [9.17, 15) is 9.18 Å². The van der Waals surface area contributed by atoms with Crippen LogP contribution in [0, 0.1) is 5.82 Å². The molecule has 0 unspecified atom stereocenters. The van der Waals surface area contributed by atoms with E-state index in [-0.39, 0.29) is 10.7 Å². The largest absolute Gasteiger partial charge is 0.320 e. The summed E-state index contributed by atoms with van der Waals surface area (Å²) in [6.07, 6.45) is 0.949. The van der Waals surface area contributed by atoms with E-state index in [0.29, 0.717) is 17.1 Å². The molecular weight excluding hydrogens is 303 g/mol. The van der Waals surface area contributed by atoms with Crippen molar-refractivity contribution in [1.29, 1.82) is 0 Å². The van der Waals surface area contributed by atoms with Crippen LogP contribution in [0.3, 0.4) is 0 Å². The van der Waals surface area contributed by atoms with Gasteiger partial charge >= 0.3 is 0 Å². The number of halogens is 2. The first-order chi connectivity index (χ1) is 9.65. The Morgan fingerprint density at radius 1 is 1.35 bits per heavy atom. The number of nitrogens with one attached hydrogen (secondary N) is 1. The molecular formula is C12H6ClFN4OS. The lowest BCUT2D eigenvalue weighted by atomic mass is 10.2. The maximum Gasteiger partial charge on any atom is 0.258 e. The highest BCUT2D eigenvalue weighted by atomic mass is 35.5. The summed E-state index contributed by atoms with van der Waals surface area (Å²) < 4.78 is 21.3. The van der Waals surface area contributed by atoms with Crippen molar-refractivity contribution in [1.82, 2.24) is 4.98 Å². The molecule has 0 saturated carbocycles. The summed E-state index contributed by atoms with van der Waals surface area (Å²) in [5.74, 6) is -1.18. The molecule has 1 amide bonds. The summed E-state index contributed by atoms with van der Waals surface area (Å²) in [6.45, 7) is 0. The number of fused-ring (bicyclic) bond motifs is 1. The average Bonchev–Trinajstić information content (AvgIpc) is 2.91. The Morgan fingerprint density at radius 2 is 2.20 bits per heavy atom. The molecule has 20 heavy (non-hydrogen) atoms. The fourth-order valence-electron chi connectivity index (χ4n) is 1.68. The van der Waals surface area contributed by atoms with Gasteiger partial charge in [0.25, 0.3) is 5.91 Å². The molecule has 1 aromatic carbocycles. The van der Waals surface area contributed by atoms with Crippen molar-refractivity contribution in [3.8, 4) is 0 Å². The van der Waals surface area contributed by atoms with Crippen molar-refractivity contribution in [3.63, 3.8) is 0 Å². The third-order valence-corrected chi connectivity index (χ3v) is 3.43. The van der Waals surface area contributed by atoms with Crippen LogP contribution in [0.15, 0.2) is 39.2 Å². The first kappa shape index (κ1) is 12.9. The smallest absolute Gasteiger partial charge is 0.258 e. The molecule has 2 heterocycles. The monoisotopic (exact) mass is 308 g/mol. The Labute approximate surface area is 121 Å². The highest BCUT2D eigenvalue weighted by molar-refractivity contribution is 7.58. The molecule has 3 rings (SSSR count). The molecule has 1 aliphatic rings. The maximum atomic E-state index is 13.1. The van der Waals surface area contributed by atoms with Gasteiger partial charge in [0.1, 0.15) is 22.3 Å². The van der Waals surface area contributed by atoms with Gasteiger partial charge in [0, 0.05) is 0 Å². The lowest BCUT2D eigenvalue weighted by molar-refractivity contribution is 0.102. The van der Waals surface area contributed by atoms with E-state index in [2.05, 4.69) is 19.0 Å².